The van der Waals surface area contributed by atoms with E-state index < -0.39 is 12.0 Å². The summed E-state index contributed by atoms with van der Waals surface area (Å²) in [5.41, 5.74) is 9.61. The molecule has 144 valence electrons. The van der Waals surface area contributed by atoms with Gasteiger partial charge in [-0.2, -0.15) is 0 Å². The molecule has 2 amide bonds. The Bertz CT molecular complexity index is 1210. The molecule has 7 heteroatoms. The predicted molar refractivity (Wildman–Crippen MR) is 111 cm³/mol. The molecule has 4 rings (SSSR count). The van der Waals surface area contributed by atoms with E-state index in [1.807, 2.05) is 59.2 Å². The summed E-state index contributed by atoms with van der Waals surface area (Å²) in [4.78, 5) is 27.2. The molecule has 1 heterocycles. The van der Waals surface area contributed by atoms with Crippen LogP contribution in [0.4, 0.5) is 10.7 Å². The maximum Gasteiger partial charge on any atom is 0.336 e. The maximum atomic E-state index is 11.5. The number of aromatic nitrogens is 2. The van der Waals surface area contributed by atoms with Gasteiger partial charge in [-0.05, 0) is 34.9 Å². The molecule has 0 saturated carbocycles. The highest BCUT2D eigenvalue weighted by Crippen LogP contribution is 2.26. The Morgan fingerprint density at radius 1 is 0.966 bits per heavy atom. The zero-order valence-corrected chi connectivity index (χ0v) is 15.4. The number of primary amides is 1. The van der Waals surface area contributed by atoms with Crippen molar-refractivity contribution in [3.63, 3.8) is 0 Å². The number of rotatable bonds is 5. The Morgan fingerprint density at radius 3 is 2.38 bits per heavy atom. The van der Waals surface area contributed by atoms with Crippen molar-refractivity contribution in [2.75, 3.05) is 5.32 Å². The molecule has 0 aliphatic heterocycles. The van der Waals surface area contributed by atoms with E-state index in [0.717, 1.165) is 22.2 Å². The lowest BCUT2D eigenvalue weighted by Crippen LogP contribution is -2.22. The van der Waals surface area contributed by atoms with Gasteiger partial charge in [-0.1, -0.05) is 54.6 Å². The topological polar surface area (TPSA) is 110 Å². The van der Waals surface area contributed by atoms with Gasteiger partial charge in [-0.15, -0.1) is 0 Å². The first-order valence-electron chi connectivity index (χ1n) is 8.96. The fourth-order valence-electron chi connectivity index (χ4n) is 3.33. The Balaban J connectivity index is 1.68. The summed E-state index contributed by atoms with van der Waals surface area (Å²) >= 11 is 0. The molecule has 0 atom stereocenters. The van der Waals surface area contributed by atoms with Crippen LogP contribution in [0.25, 0.3) is 22.2 Å². The minimum Gasteiger partial charge on any atom is -0.478 e. The summed E-state index contributed by atoms with van der Waals surface area (Å²) in [5.74, 6) is -0.587. The quantitative estimate of drug-likeness (QED) is 0.482. The van der Waals surface area contributed by atoms with Crippen LogP contribution >= 0.6 is 0 Å². The molecule has 0 fully saturated rings. The number of anilines is 1. The smallest absolute Gasteiger partial charge is 0.336 e. The van der Waals surface area contributed by atoms with Crippen molar-refractivity contribution in [3.05, 3.63) is 83.9 Å². The van der Waals surface area contributed by atoms with Crippen molar-refractivity contribution in [1.82, 2.24) is 9.55 Å². The second-order valence-corrected chi connectivity index (χ2v) is 6.55. The molecule has 1 aromatic heterocycles. The Kier molecular flexibility index (Phi) is 4.70. The molecule has 4 aromatic rings. The molecule has 0 unspecified atom stereocenters. The molecule has 3 aromatic carbocycles. The number of nitrogens with two attached hydrogens (primary N) is 1. The summed E-state index contributed by atoms with van der Waals surface area (Å²) in [6.45, 7) is 0.469. The third-order valence-electron chi connectivity index (χ3n) is 4.65. The first kappa shape index (κ1) is 18.2. The highest BCUT2D eigenvalue weighted by molar-refractivity contribution is 5.96. The maximum absolute atomic E-state index is 11.5. The largest absolute Gasteiger partial charge is 0.478 e. The normalized spacial score (nSPS) is 10.8. The van der Waals surface area contributed by atoms with Gasteiger partial charge >= 0.3 is 12.0 Å². The SMILES string of the molecule is NC(=O)Nc1nc2ccccc2n1Cc1ccc(-c2ccccc2C(=O)O)cc1. The van der Waals surface area contributed by atoms with Gasteiger partial charge in [0.15, 0.2) is 0 Å². The molecule has 0 aliphatic rings. The lowest BCUT2D eigenvalue weighted by atomic mass is 9.99. The molecular formula is C22H18N4O3. The van der Waals surface area contributed by atoms with Gasteiger partial charge in [0.05, 0.1) is 23.1 Å². The summed E-state index contributed by atoms with van der Waals surface area (Å²) in [6, 6.07) is 21.4. The van der Waals surface area contributed by atoms with Crippen LogP contribution in [0.5, 0.6) is 0 Å². The number of hydrogen-bond donors (Lipinski definition) is 3. The fraction of sp³-hybridized carbons (Fsp3) is 0.0455. The third kappa shape index (κ3) is 3.66. The molecular weight excluding hydrogens is 368 g/mol. The Morgan fingerprint density at radius 2 is 1.66 bits per heavy atom. The lowest BCUT2D eigenvalue weighted by molar-refractivity contribution is 0.0697. The number of aromatic carboxylic acids is 1. The van der Waals surface area contributed by atoms with Crippen LogP contribution in [-0.4, -0.2) is 26.7 Å². The minimum absolute atomic E-state index is 0.258. The fourth-order valence-corrected chi connectivity index (χ4v) is 3.33. The zero-order chi connectivity index (χ0) is 20.4. The number of amides is 2. The van der Waals surface area contributed by atoms with Crippen LogP contribution in [-0.2, 0) is 6.54 Å². The van der Waals surface area contributed by atoms with Gasteiger partial charge in [0.2, 0.25) is 5.95 Å². The number of nitrogens with zero attached hydrogens (tertiary/aromatic N) is 2. The van der Waals surface area contributed by atoms with Crippen molar-refractivity contribution in [2.24, 2.45) is 5.73 Å². The monoisotopic (exact) mass is 386 g/mol. The van der Waals surface area contributed by atoms with Crippen molar-refractivity contribution in [3.8, 4) is 11.1 Å². The lowest BCUT2D eigenvalue weighted by Gasteiger charge is -2.11. The van der Waals surface area contributed by atoms with E-state index in [9.17, 15) is 14.7 Å². The zero-order valence-electron chi connectivity index (χ0n) is 15.4. The average molecular weight is 386 g/mol. The molecule has 0 spiro atoms. The van der Waals surface area contributed by atoms with Crippen molar-refractivity contribution >= 4 is 29.0 Å². The highest BCUT2D eigenvalue weighted by atomic mass is 16.4. The highest BCUT2D eigenvalue weighted by Gasteiger charge is 2.13. The van der Waals surface area contributed by atoms with Crippen LogP contribution in [0.2, 0.25) is 0 Å². The van der Waals surface area contributed by atoms with Gasteiger partial charge in [0.1, 0.15) is 0 Å². The number of benzene rings is 3. The number of carboxylic acid groups (broad SMARTS) is 1. The van der Waals surface area contributed by atoms with Crippen molar-refractivity contribution in [1.29, 1.82) is 0 Å². The van der Waals surface area contributed by atoms with E-state index in [2.05, 4.69) is 10.3 Å². The third-order valence-corrected chi connectivity index (χ3v) is 4.65. The summed E-state index contributed by atoms with van der Waals surface area (Å²) < 4.78 is 1.88. The second-order valence-electron chi connectivity index (χ2n) is 6.55. The van der Waals surface area contributed by atoms with Gasteiger partial charge < -0.3 is 15.4 Å². The average Bonchev–Trinajstić information content (AvgIpc) is 3.05. The minimum atomic E-state index is -0.961. The van der Waals surface area contributed by atoms with E-state index in [1.54, 1.807) is 18.2 Å². The van der Waals surface area contributed by atoms with Crippen molar-refractivity contribution < 1.29 is 14.7 Å². The summed E-state index contributed by atoms with van der Waals surface area (Å²) in [7, 11) is 0. The molecule has 0 bridgehead atoms. The molecule has 4 N–H and O–H groups in total. The van der Waals surface area contributed by atoms with Crippen molar-refractivity contribution in [2.45, 2.75) is 6.54 Å². The Hall–Kier alpha value is -4.13. The van der Waals surface area contributed by atoms with E-state index >= 15 is 0 Å². The molecule has 0 aliphatic carbocycles. The van der Waals surface area contributed by atoms with E-state index in [0.29, 0.717) is 18.1 Å². The summed E-state index contributed by atoms with van der Waals surface area (Å²) in [5, 5.41) is 12.0. The predicted octanol–water partition coefficient (Wildman–Crippen LogP) is 3.94. The number of carbonyl (C=O) groups is 2. The van der Waals surface area contributed by atoms with E-state index in [-0.39, 0.29) is 5.56 Å². The van der Waals surface area contributed by atoms with Crippen LogP contribution in [0.15, 0.2) is 72.8 Å². The van der Waals surface area contributed by atoms with E-state index in [1.165, 1.54) is 0 Å². The van der Waals surface area contributed by atoms with Gasteiger partial charge in [-0.3, -0.25) is 5.32 Å². The van der Waals surface area contributed by atoms with Crippen LogP contribution in [0.1, 0.15) is 15.9 Å². The second kappa shape index (κ2) is 7.47. The van der Waals surface area contributed by atoms with Gasteiger partial charge in [0, 0.05) is 0 Å². The Labute approximate surface area is 166 Å². The van der Waals surface area contributed by atoms with Gasteiger partial charge in [0.25, 0.3) is 0 Å². The van der Waals surface area contributed by atoms with Crippen LogP contribution < -0.4 is 11.1 Å². The van der Waals surface area contributed by atoms with Crippen LogP contribution in [0, 0.1) is 0 Å². The number of para-hydroxylation sites is 2. The number of fused-ring (bicyclic) bond motifs is 1. The number of nitrogens with one attached hydrogen (secondary N) is 1. The summed E-state index contributed by atoms with van der Waals surface area (Å²) in [6.07, 6.45) is 0. The number of carboxylic acids is 1. The van der Waals surface area contributed by atoms with Crippen LogP contribution in [0.3, 0.4) is 0 Å². The molecule has 0 radical (unpaired) electrons. The number of carbonyl (C=O) groups excluding carboxylic acids is 1. The first-order chi connectivity index (χ1) is 14.0. The van der Waals surface area contributed by atoms with Gasteiger partial charge in [-0.25, -0.2) is 14.6 Å². The number of urea groups is 1. The first-order valence-corrected chi connectivity index (χ1v) is 8.96. The molecule has 0 saturated heterocycles. The standard InChI is InChI=1S/C22H18N4O3/c23-21(29)25-22-24-18-7-3-4-8-19(18)26(22)13-14-9-11-15(12-10-14)16-5-1-2-6-17(16)20(27)28/h1-12H,13H2,(H,27,28)(H3,23,24,25,29). The number of hydrogen-bond acceptors (Lipinski definition) is 3. The molecule has 7 nitrogen and oxygen atoms in total. The molecule has 29 heavy (non-hydrogen) atoms. The van der Waals surface area contributed by atoms with E-state index in [4.69, 9.17) is 5.73 Å². The number of imidazole rings is 1.